The molecule has 0 atom stereocenters. The molecule has 2 aromatic rings. The van der Waals surface area contributed by atoms with Crippen LogP contribution in [0.25, 0.3) is 11.3 Å². The number of rotatable bonds is 1. The fourth-order valence-corrected chi connectivity index (χ4v) is 1.60. The van der Waals surface area contributed by atoms with Crippen LogP contribution in [-0.2, 0) is 0 Å². The van der Waals surface area contributed by atoms with E-state index in [1.165, 1.54) is 30.7 Å². The SMILES string of the molecule is Fc1ccc(Cl)c(-c2ncncc2Cl)c1. The molecular formula is C10H5Cl2FN2. The Balaban J connectivity index is 2.64. The number of hydrogen-bond donors (Lipinski definition) is 0. The minimum absolute atomic E-state index is 0.338. The molecule has 1 aromatic heterocycles. The van der Waals surface area contributed by atoms with E-state index in [0.29, 0.717) is 21.3 Å². The Morgan fingerprint density at radius 3 is 2.67 bits per heavy atom. The predicted molar refractivity (Wildman–Crippen MR) is 57.4 cm³/mol. The summed E-state index contributed by atoms with van der Waals surface area (Å²) >= 11 is 11.8. The molecule has 0 N–H and O–H groups in total. The zero-order valence-electron chi connectivity index (χ0n) is 7.42. The van der Waals surface area contributed by atoms with Crippen molar-refractivity contribution in [3.8, 4) is 11.3 Å². The largest absolute Gasteiger partial charge is 0.243 e. The maximum atomic E-state index is 13.0. The van der Waals surface area contributed by atoms with Gasteiger partial charge in [-0.25, -0.2) is 14.4 Å². The van der Waals surface area contributed by atoms with E-state index in [4.69, 9.17) is 23.2 Å². The number of halogens is 3. The zero-order chi connectivity index (χ0) is 10.8. The van der Waals surface area contributed by atoms with Crippen LogP contribution < -0.4 is 0 Å². The van der Waals surface area contributed by atoms with Crippen molar-refractivity contribution in [1.29, 1.82) is 0 Å². The summed E-state index contributed by atoms with van der Waals surface area (Å²) in [5, 5.41) is 0.738. The molecule has 1 heterocycles. The second-order valence-electron chi connectivity index (χ2n) is 2.84. The van der Waals surface area contributed by atoms with E-state index in [-0.39, 0.29) is 5.82 Å². The fourth-order valence-electron chi connectivity index (χ4n) is 1.19. The molecule has 0 amide bonds. The lowest BCUT2D eigenvalue weighted by atomic mass is 10.1. The van der Waals surface area contributed by atoms with Crippen LogP contribution in [-0.4, -0.2) is 9.97 Å². The Bertz CT molecular complexity index is 503. The molecule has 2 nitrogen and oxygen atoms in total. The monoisotopic (exact) mass is 242 g/mol. The van der Waals surface area contributed by atoms with Gasteiger partial charge in [0, 0.05) is 11.8 Å². The lowest BCUT2D eigenvalue weighted by molar-refractivity contribution is 0.628. The minimum Gasteiger partial charge on any atom is -0.243 e. The van der Waals surface area contributed by atoms with E-state index in [9.17, 15) is 4.39 Å². The van der Waals surface area contributed by atoms with E-state index < -0.39 is 0 Å². The summed E-state index contributed by atoms with van der Waals surface area (Å²) in [6.07, 6.45) is 2.77. The van der Waals surface area contributed by atoms with Gasteiger partial charge in [0.05, 0.1) is 15.7 Å². The molecule has 0 spiro atoms. The first-order valence-corrected chi connectivity index (χ1v) is 4.85. The van der Waals surface area contributed by atoms with Crippen molar-refractivity contribution in [2.45, 2.75) is 0 Å². The van der Waals surface area contributed by atoms with Gasteiger partial charge in [-0.1, -0.05) is 23.2 Å². The van der Waals surface area contributed by atoms with Gasteiger partial charge in [-0.2, -0.15) is 0 Å². The van der Waals surface area contributed by atoms with Crippen LogP contribution in [0.3, 0.4) is 0 Å². The molecule has 0 bridgehead atoms. The smallest absolute Gasteiger partial charge is 0.123 e. The average Bonchev–Trinajstić information content (AvgIpc) is 2.23. The van der Waals surface area contributed by atoms with Crippen molar-refractivity contribution >= 4 is 23.2 Å². The van der Waals surface area contributed by atoms with Gasteiger partial charge < -0.3 is 0 Å². The molecule has 1 aromatic carbocycles. The van der Waals surface area contributed by atoms with E-state index in [1.54, 1.807) is 0 Å². The van der Waals surface area contributed by atoms with Crippen LogP contribution >= 0.6 is 23.2 Å². The van der Waals surface area contributed by atoms with Gasteiger partial charge in [-0.05, 0) is 18.2 Å². The van der Waals surface area contributed by atoms with Gasteiger partial charge in [-0.3, -0.25) is 0 Å². The summed E-state index contributed by atoms with van der Waals surface area (Å²) in [5.41, 5.74) is 0.889. The molecule has 0 aliphatic heterocycles. The molecule has 0 fully saturated rings. The van der Waals surface area contributed by atoms with Crippen LogP contribution in [0, 0.1) is 5.82 Å². The van der Waals surface area contributed by atoms with Gasteiger partial charge >= 0.3 is 0 Å². The Morgan fingerprint density at radius 2 is 1.93 bits per heavy atom. The summed E-state index contributed by atoms with van der Waals surface area (Å²) in [7, 11) is 0. The third-order valence-corrected chi connectivity index (χ3v) is 2.46. The highest BCUT2D eigenvalue weighted by Crippen LogP contribution is 2.31. The Hall–Kier alpha value is -1.19. The summed E-state index contributed by atoms with van der Waals surface area (Å²) in [6, 6.07) is 4.03. The quantitative estimate of drug-likeness (QED) is 0.764. The number of aromatic nitrogens is 2. The molecule has 0 aliphatic carbocycles. The van der Waals surface area contributed by atoms with E-state index >= 15 is 0 Å². The standard InChI is InChI=1S/C10H5Cl2FN2/c11-8-2-1-6(13)3-7(8)10-9(12)4-14-5-15-10/h1-5H. The summed E-state index contributed by atoms with van der Waals surface area (Å²) in [5.74, 6) is -0.385. The summed E-state index contributed by atoms with van der Waals surface area (Å²) in [4.78, 5) is 7.70. The molecule has 5 heteroatoms. The van der Waals surface area contributed by atoms with Crippen molar-refractivity contribution in [3.63, 3.8) is 0 Å². The van der Waals surface area contributed by atoms with E-state index in [1.807, 2.05) is 0 Å². The second kappa shape index (κ2) is 4.13. The first-order chi connectivity index (χ1) is 7.18. The normalized spacial score (nSPS) is 10.3. The first kappa shape index (κ1) is 10.3. The lowest BCUT2D eigenvalue weighted by Crippen LogP contribution is -1.88. The predicted octanol–water partition coefficient (Wildman–Crippen LogP) is 3.59. The van der Waals surface area contributed by atoms with E-state index in [2.05, 4.69) is 9.97 Å². The Morgan fingerprint density at radius 1 is 1.13 bits per heavy atom. The summed E-state index contributed by atoms with van der Waals surface area (Å²) < 4.78 is 13.0. The van der Waals surface area contributed by atoms with Crippen molar-refractivity contribution < 1.29 is 4.39 Å². The second-order valence-corrected chi connectivity index (χ2v) is 3.66. The van der Waals surface area contributed by atoms with Gasteiger partial charge in [0.2, 0.25) is 0 Å². The molecule has 0 radical (unpaired) electrons. The minimum atomic E-state index is -0.385. The van der Waals surface area contributed by atoms with Crippen molar-refractivity contribution in [1.82, 2.24) is 9.97 Å². The van der Waals surface area contributed by atoms with Crippen LogP contribution in [0.2, 0.25) is 10.0 Å². The maximum Gasteiger partial charge on any atom is 0.123 e. The van der Waals surface area contributed by atoms with E-state index in [0.717, 1.165) is 0 Å². The topological polar surface area (TPSA) is 25.8 Å². The number of nitrogens with zero attached hydrogens (tertiary/aromatic N) is 2. The highest BCUT2D eigenvalue weighted by Gasteiger charge is 2.09. The average molecular weight is 243 g/mol. The van der Waals surface area contributed by atoms with Gasteiger partial charge in [0.1, 0.15) is 12.1 Å². The Kier molecular flexibility index (Phi) is 2.84. The van der Waals surface area contributed by atoms with Crippen LogP contribution in [0.4, 0.5) is 4.39 Å². The maximum absolute atomic E-state index is 13.0. The molecular weight excluding hydrogens is 238 g/mol. The van der Waals surface area contributed by atoms with Crippen LogP contribution in [0.1, 0.15) is 0 Å². The van der Waals surface area contributed by atoms with Crippen LogP contribution in [0.5, 0.6) is 0 Å². The molecule has 2 rings (SSSR count). The highest BCUT2D eigenvalue weighted by molar-refractivity contribution is 6.36. The molecule has 76 valence electrons. The number of benzene rings is 1. The van der Waals surface area contributed by atoms with Crippen molar-refractivity contribution in [3.05, 3.63) is 46.6 Å². The summed E-state index contributed by atoms with van der Waals surface area (Å²) in [6.45, 7) is 0. The zero-order valence-corrected chi connectivity index (χ0v) is 8.93. The third-order valence-electron chi connectivity index (χ3n) is 1.85. The van der Waals surface area contributed by atoms with Crippen LogP contribution in [0.15, 0.2) is 30.7 Å². The van der Waals surface area contributed by atoms with Gasteiger partial charge in [0.25, 0.3) is 0 Å². The molecule has 0 saturated heterocycles. The number of hydrogen-bond acceptors (Lipinski definition) is 2. The first-order valence-electron chi connectivity index (χ1n) is 4.09. The highest BCUT2D eigenvalue weighted by atomic mass is 35.5. The fraction of sp³-hybridized carbons (Fsp3) is 0. The van der Waals surface area contributed by atoms with Gasteiger partial charge in [-0.15, -0.1) is 0 Å². The molecule has 0 saturated carbocycles. The Labute approximate surface area is 95.7 Å². The molecule has 0 unspecified atom stereocenters. The van der Waals surface area contributed by atoms with Crippen molar-refractivity contribution in [2.75, 3.05) is 0 Å². The molecule has 15 heavy (non-hydrogen) atoms. The lowest BCUT2D eigenvalue weighted by Gasteiger charge is -2.04. The third kappa shape index (κ3) is 2.08. The van der Waals surface area contributed by atoms with Gasteiger partial charge in [0.15, 0.2) is 0 Å². The van der Waals surface area contributed by atoms with Crippen molar-refractivity contribution in [2.24, 2.45) is 0 Å². The molecule has 0 aliphatic rings.